The topological polar surface area (TPSA) is 83.6 Å². The van der Waals surface area contributed by atoms with Crippen molar-refractivity contribution in [3.63, 3.8) is 0 Å². The lowest BCUT2D eigenvalue weighted by atomic mass is 9.85. The highest BCUT2D eigenvalue weighted by Gasteiger charge is 2.32. The van der Waals surface area contributed by atoms with Gasteiger partial charge in [-0.15, -0.1) is 0 Å². The number of anilines is 1. The second-order valence-electron chi connectivity index (χ2n) is 6.00. The Morgan fingerprint density at radius 3 is 2.57 bits per heavy atom. The molecule has 1 aliphatic heterocycles. The largest absolute Gasteiger partial charge is 0.478 e. The SMILES string of the molecule is NC1CCC(C(=O)N2CCc3cc(C(=O)O)ccc32)CC1. The van der Waals surface area contributed by atoms with Crippen LogP contribution in [0.3, 0.4) is 0 Å². The van der Waals surface area contributed by atoms with Gasteiger partial charge in [0, 0.05) is 24.2 Å². The van der Waals surface area contributed by atoms with Gasteiger partial charge in [-0.1, -0.05) is 0 Å². The summed E-state index contributed by atoms with van der Waals surface area (Å²) < 4.78 is 0. The van der Waals surface area contributed by atoms with Gasteiger partial charge >= 0.3 is 5.97 Å². The molecule has 5 nitrogen and oxygen atoms in total. The molecule has 0 unspecified atom stereocenters. The first-order chi connectivity index (χ1) is 10.1. The highest BCUT2D eigenvalue weighted by Crippen LogP contribution is 2.33. The Balaban J connectivity index is 1.78. The fraction of sp³-hybridized carbons (Fsp3) is 0.500. The zero-order valence-electron chi connectivity index (χ0n) is 11.9. The smallest absolute Gasteiger partial charge is 0.335 e. The number of benzene rings is 1. The lowest BCUT2D eigenvalue weighted by Crippen LogP contribution is -2.38. The van der Waals surface area contributed by atoms with E-state index in [9.17, 15) is 9.59 Å². The molecule has 112 valence electrons. The number of carbonyl (C=O) groups is 2. The predicted molar refractivity (Wildman–Crippen MR) is 79.4 cm³/mol. The van der Waals surface area contributed by atoms with Crippen molar-refractivity contribution in [3.05, 3.63) is 29.3 Å². The first kappa shape index (κ1) is 14.1. The first-order valence-corrected chi connectivity index (χ1v) is 7.49. The summed E-state index contributed by atoms with van der Waals surface area (Å²) in [6, 6.07) is 5.25. The van der Waals surface area contributed by atoms with Gasteiger partial charge in [0.2, 0.25) is 5.91 Å². The van der Waals surface area contributed by atoms with Crippen LogP contribution in [0, 0.1) is 5.92 Å². The number of nitrogens with zero attached hydrogens (tertiary/aromatic N) is 1. The van der Waals surface area contributed by atoms with E-state index in [1.807, 2.05) is 4.90 Å². The summed E-state index contributed by atoms with van der Waals surface area (Å²) in [4.78, 5) is 25.5. The van der Waals surface area contributed by atoms with Crippen molar-refractivity contribution in [2.75, 3.05) is 11.4 Å². The minimum atomic E-state index is -0.927. The molecule has 21 heavy (non-hydrogen) atoms. The standard InChI is InChI=1S/C16H20N2O3/c17-13-4-1-10(2-5-13)15(19)18-8-7-11-9-12(16(20)21)3-6-14(11)18/h3,6,9-10,13H,1-2,4-5,7-8,17H2,(H,20,21). The third-order valence-electron chi connectivity index (χ3n) is 4.61. The van der Waals surface area contributed by atoms with E-state index >= 15 is 0 Å². The molecule has 0 spiro atoms. The Morgan fingerprint density at radius 1 is 1.19 bits per heavy atom. The minimum Gasteiger partial charge on any atom is -0.478 e. The number of hydrogen-bond acceptors (Lipinski definition) is 3. The summed E-state index contributed by atoms with van der Waals surface area (Å²) >= 11 is 0. The number of nitrogens with two attached hydrogens (primary N) is 1. The van der Waals surface area contributed by atoms with Gasteiger partial charge in [0.05, 0.1) is 5.56 Å². The number of fused-ring (bicyclic) bond motifs is 1. The van der Waals surface area contributed by atoms with E-state index in [-0.39, 0.29) is 23.4 Å². The van der Waals surface area contributed by atoms with Crippen LogP contribution in [-0.4, -0.2) is 29.6 Å². The maximum Gasteiger partial charge on any atom is 0.335 e. The van der Waals surface area contributed by atoms with Gasteiger partial charge in [-0.3, -0.25) is 4.79 Å². The van der Waals surface area contributed by atoms with E-state index < -0.39 is 5.97 Å². The Kier molecular flexibility index (Phi) is 3.68. The molecular formula is C16H20N2O3. The van der Waals surface area contributed by atoms with Crippen LogP contribution in [0.25, 0.3) is 0 Å². The third-order valence-corrected chi connectivity index (χ3v) is 4.61. The van der Waals surface area contributed by atoms with Gasteiger partial charge in [-0.2, -0.15) is 0 Å². The van der Waals surface area contributed by atoms with Crippen molar-refractivity contribution in [1.29, 1.82) is 0 Å². The van der Waals surface area contributed by atoms with Crippen LogP contribution < -0.4 is 10.6 Å². The Hall–Kier alpha value is -1.88. The quantitative estimate of drug-likeness (QED) is 0.869. The minimum absolute atomic E-state index is 0.0647. The molecule has 0 saturated heterocycles. The summed E-state index contributed by atoms with van der Waals surface area (Å²) in [6.45, 7) is 0.653. The van der Waals surface area contributed by atoms with Gasteiger partial charge in [-0.05, 0) is 55.9 Å². The van der Waals surface area contributed by atoms with Crippen LogP contribution >= 0.6 is 0 Å². The van der Waals surface area contributed by atoms with Crippen LogP contribution in [0.1, 0.15) is 41.6 Å². The van der Waals surface area contributed by atoms with Crippen molar-refractivity contribution >= 4 is 17.6 Å². The summed E-state index contributed by atoms with van der Waals surface area (Å²) in [5.74, 6) is -0.692. The zero-order valence-corrected chi connectivity index (χ0v) is 11.9. The Bertz CT molecular complexity index is 577. The Labute approximate surface area is 123 Å². The van der Waals surface area contributed by atoms with Crippen LogP contribution in [0.5, 0.6) is 0 Å². The van der Waals surface area contributed by atoms with Crippen molar-refractivity contribution in [3.8, 4) is 0 Å². The number of hydrogen-bond donors (Lipinski definition) is 2. The summed E-state index contributed by atoms with van der Waals surface area (Å²) in [6.07, 6.45) is 4.27. The van der Waals surface area contributed by atoms with Gasteiger partial charge in [0.1, 0.15) is 0 Å². The van der Waals surface area contributed by atoms with Gasteiger partial charge < -0.3 is 15.7 Å². The van der Waals surface area contributed by atoms with Gasteiger partial charge in [0.15, 0.2) is 0 Å². The van der Waals surface area contributed by atoms with Crippen molar-refractivity contribution in [2.45, 2.75) is 38.1 Å². The lowest BCUT2D eigenvalue weighted by Gasteiger charge is -2.29. The number of carbonyl (C=O) groups excluding carboxylic acids is 1. The molecule has 0 radical (unpaired) electrons. The highest BCUT2D eigenvalue weighted by molar-refractivity contribution is 5.98. The molecule has 2 aliphatic rings. The van der Waals surface area contributed by atoms with Crippen LogP contribution in [0.4, 0.5) is 5.69 Å². The average Bonchev–Trinajstić information content (AvgIpc) is 2.90. The first-order valence-electron chi connectivity index (χ1n) is 7.49. The second-order valence-corrected chi connectivity index (χ2v) is 6.00. The monoisotopic (exact) mass is 288 g/mol. The molecule has 1 aromatic rings. The molecule has 0 bridgehead atoms. The number of rotatable bonds is 2. The predicted octanol–water partition coefficient (Wildman–Crippen LogP) is 1.79. The third kappa shape index (κ3) is 2.65. The van der Waals surface area contributed by atoms with E-state index in [2.05, 4.69) is 0 Å². The fourth-order valence-electron chi connectivity index (χ4n) is 3.35. The maximum absolute atomic E-state index is 12.7. The Morgan fingerprint density at radius 2 is 1.90 bits per heavy atom. The zero-order chi connectivity index (χ0) is 15.0. The van der Waals surface area contributed by atoms with Crippen LogP contribution in [0.2, 0.25) is 0 Å². The lowest BCUT2D eigenvalue weighted by molar-refractivity contribution is -0.123. The number of carboxylic acid groups (broad SMARTS) is 1. The molecule has 3 rings (SSSR count). The summed E-state index contributed by atoms with van der Waals surface area (Å²) in [7, 11) is 0. The highest BCUT2D eigenvalue weighted by atomic mass is 16.4. The normalized spacial score (nSPS) is 24.7. The molecule has 1 amide bonds. The summed E-state index contributed by atoms with van der Waals surface area (Å²) in [5.41, 5.74) is 8.00. The summed E-state index contributed by atoms with van der Waals surface area (Å²) in [5, 5.41) is 9.03. The molecule has 0 atom stereocenters. The molecule has 5 heteroatoms. The molecule has 1 fully saturated rings. The number of aromatic carboxylic acids is 1. The van der Waals surface area contributed by atoms with E-state index in [4.69, 9.17) is 10.8 Å². The van der Waals surface area contributed by atoms with Gasteiger partial charge in [-0.25, -0.2) is 4.79 Å². The molecule has 3 N–H and O–H groups in total. The number of amides is 1. The van der Waals surface area contributed by atoms with E-state index in [0.717, 1.165) is 43.4 Å². The molecule has 0 aromatic heterocycles. The molecule has 1 saturated carbocycles. The van der Waals surface area contributed by atoms with Crippen LogP contribution in [0.15, 0.2) is 18.2 Å². The van der Waals surface area contributed by atoms with E-state index in [1.54, 1.807) is 18.2 Å². The second kappa shape index (κ2) is 5.48. The molecular weight excluding hydrogens is 268 g/mol. The van der Waals surface area contributed by atoms with E-state index in [0.29, 0.717) is 6.54 Å². The molecule has 1 aromatic carbocycles. The van der Waals surface area contributed by atoms with Crippen LogP contribution in [-0.2, 0) is 11.2 Å². The molecule has 1 aliphatic carbocycles. The maximum atomic E-state index is 12.7. The van der Waals surface area contributed by atoms with Gasteiger partial charge in [0.25, 0.3) is 0 Å². The van der Waals surface area contributed by atoms with Crippen molar-refractivity contribution in [2.24, 2.45) is 11.7 Å². The van der Waals surface area contributed by atoms with E-state index in [1.165, 1.54) is 0 Å². The number of carboxylic acids is 1. The fourth-order valence-corrected chi connectivity index (χ4v) is 3.35. The van der Waals surface area contributed by atoms with Crippen molar-refractivity contribution < 1.29 is 14.7 Å². The molecule has 1 heterocycles. The average molecular weight is 288 g/mol. The van der Waals surface area contributed by atoms with Crippen molar-refractivity contribution in [1.82, 2.24) is 0 Å².